The van der Waals surface area contributed by atoms with Crippen LogP contribution in [0.5, 0.6) is 0 Å². The van der Waals surface area contributed by atoms with Crippen molar-refractivity contribution in [3.63, 3.8) is 0 Å². The molecule has 0 atom stereocenters. The number of carbonyl (C=O) groups excluding carboxylic acids is 2. The fraction of sp³-hybridized carbons (Fsp3) is 0.300. The Morgan fingerprint density at radius 3 is 2.69 bits per heavy atom. The lowest BCUT2D eigenvalue weighted by molar-refractivity contribution is -0.128. The van der Waals surface area contributed by atoms with E-state index in [2.05, 4.69) is 5.32 Å². The van der Waals surface area contributed by atoms with Crippen molar-refractivity contribution in [1.82, 2.24) is 10.2 Å². The Bertz CT molecular complexity index is 807. The summed E-state index contributed by atoms with van der Waals surface area (Å²) in [5.74, 6) is 0.0840. The normalized spacial score (nSPS) is 13.4. The number of amides is 2. The van der Waals surface area contributed by atoms with Crippen molar-refractivity contribution in [2.75, 3.05) is 12.3 Å². The number of aryl methyl sites for hydroxylation is 1. The molecule has 0 saturated carbocycles. The van der Waals surface area contributed by atoms with Gasteiger partial charge in [-0.1, -0.05) is 30.3 Å². The molecule has 2 aromatic rings. The highest BCUT2D eigenvalue weighted by Crippen LogP contribution is 2.16. The molecule has 3 rings (SSSR count). The molecule has 3 N–H and O–H groups in total. The number of halogens is 1. The third kappa shape index (κ3) is 4.76. The zero-order valence-corrected chi connectivity index (χ0v) is 15.6. The summed E-state index contributed by atoms with van der Waals surface area (Å²) in [6, 6.07) is 13.3. The molecule has 138 valence electrons. The minimum absolute atomic E-state index is 0. The van der Waals surface area contributed by atoms with Crippen LogP contribution in [-0.4, -0.2) is 23.3 Å². The Morgan fingerprint density at radius 2 is 1.96 bits per heavy atom. The Balaban J connectivity index is 0.00000243. The van der Waals surface area contributed by atoms with Gasteiger partial charge in [0.2, 0.25) is 5.91 Å². The summed E-state index contributed by atoms with van der Waals surface area (Å²) in [5, 5.41) is 2.94. The van der Waals surface area contributed by atoms with Gasteiger partial charge in [0, 0.05) is 37.3 Å². The van der Waals surface area contributed by atoms with Gasteiger partial charge in [0.25, 0.3) is 5.91 Å². The molecule has 2 aromatic carbocycles. The van der Waals surface area contributed by atoms with E-state index in [0.717, 1.165) is 29.7 Å². The summed E-state index contributed by atoms with van der Waals surface area (Å²) in [5.41, 5.74) is 9.94. The molecule has 5 nitrogen and oxygen atoms in total. The summed E-state index contributed by atoms with van der Waals surface area (Å²) in [7, 11) is 0. The number of hydrogen-bond acceptors (Lipinski definition) is 3. The average molecular weight is 374 g/mol. The number of nitrogen functional groups attached to an aromatic ring is 1. The SMILES string of the molecule is Cc1ccc(N)cc1C(=O)NCc1cccc(CN2CCCC2=O)c1.Cl. The minimum Gasteiger partial charge on any atom is -0.399 e. The van der Waals surface area contributed by atoms with E-state index in [-0.39, 0.29) is 24.2 Å². The topological polar surface area (TPSA) is 75.4 Å². The maximum atomic E-state index is 12.4. The number of hydrogen-bond donors (Lipinski definition) is 2. The van der Waals surface area contributed by atoms with Crippen molar-refractivity contribution < 1.29 is 9.59 Å². The number of nitrogens with one attached hydrogen (secondary N) is 1. The molecule has 0 radical (unpaired) electrons. The van der Waals surface area contributed by atoms with Gasteiger partial charge < -0.3 is 16.0 Å². The van der Waals surface area contributed by atoms with Crippen LogP contribution in [0.15, 0.2) is 42.5 Å². The fourth-order valence-electron chi connectivity index (χ4n) is 3.09. The molecule has 0 aliphatic carbocycles. The second-order valence-corrected chi connectivity index (χ2v) is 6.50. The molecule has 6 heteroatoms. The van der Waals surface area contributed by atoms with Crippen molar-refractivity contribution in [3.8, 4) is 0 Å². The number of nitrogens with two attached hydrogens (primary N) is 1. The highest BCUT2D eigenvalue weighted by atomic mass is 35.5. The number of nitrogens with zero attached hydrogens (tertiary/aromatic N) is 1. The van der Waals surface area contributed by atoms with Crippen LogP contribution in [0, 0.1) is 6.92 Å². The van der Waals surface area contributed by atoms with Gasteiger partial charge in [0.1, 0.15) is 0 Å². The maximum Gasteiger partial charge on any atom is 0.251 e. The first-order valence-electron chi connectivity index (χ1n) is 8.53. The van der Waals surface area contributed by atoms with E-state index in [1.165, 1.54) is 0 Å². The highest BCUT2D eigenvalue weighted by Gasteiger charge is 2.20. The summed E-state index contributed by atoms with van der Waals surface area (Å²) < 4.78 is 0. The monoisotopic (exact) mass is 373 g/mol. The average Bonchev–Trinajstić information content (AvgIpc) is 3.00. The minimum atomic E-state index is -0.134. The molecule has 1 aliphatic rings. The van der Waals surface area contributed by atoms with Crippen LogP contribution in [-0.2, 0) is 17.9 Å². The molecule has 0 aromatic heterocycles. The lowest BCUT2D eigenvalue weighted by Crippen LogP contribution is -2.25. The van der Waals surface area contributed by atoms with E-state index in [1.807, 2.05) is 42.2 Å². The van der Waals surface area contributed by atoms with Crippen LogP contribution in [0.2, 0.25) is 0 Å². The Hall–Kier alpha value is -2.53. The quantitative estimate of drug-likeness (QED) is 0.791. The summed E-state index contributed by atoms with van der Waals surface area (Å²) >= 11 is 0. The molecule has 0 spiro atoms. The second-order valence-electron chi connectivity index (χ2n) is 6.50. The van der Waals surface area contributed by atoms with Gasteiger partial charge in [-0.2, -0.15) is 0 Å². The Labute approximate surface area is 160 Å². The number of anilines is 1. The van der Waals surface area contributed by atoms with Crippen molar-refractivity contribution in [3.05, 3.63) is 64.7 Å². The summed E-state index contributed by atoms with van der Waals surface area (Å²) in [6.45, 7) is 3.79. The van der Waals surface area contributed by atoms with Crippen LogP contribution in [0.4, 0.5) is 5.69 Å². The molecule has 0 unspecified atom stereocenters. The van der Waals surface area contributed by atoms with Crippen molar-refractivity contribution in [2.45, 2.75) is 32.9 Å². The summed E-state index contributed by atoms with van der Waals surface area (Å²) in [6.07, 6.45) is 1.59. The van der Waals surface area contributed by atoms with Crippen molar-refractivity contribution in [2.24, 2.45) is 0 Å². The third-order valence-electron chi connectivity index (χ3n) is 4.50. The summed E-state index contributed by atoms with van der Waals surface area (Å²) in [4.78, 5) is 26.0. The first-order valence-corrected chi connectivity index (χ1v) is 8.53. The maximum absolute atomic E-state index is 12.4. The van der Waals surface area contributed by atoms with E-state index >= 15 is 0 Å². The number of likely N-dealkylation sites (tertiary alicyclic amines) is 1. The van der Waals surface area contributed by atoms with Crippen molar-refractivity contribution >= 4 is 29.9 Å². The fourth-order valence-corrected chi connectivity index (χ4v) is 3.09. The highest BCUT2D eigenvalue weighted by molar-refractivity contribution is 5.96. The first-order chi connectivity index (χ1) is 12.0. The third-order valence-corrected chi connectivity index (χ3v) is 4.50. The van der Waals surface area contributed by atoms with Gasteiger partial charge in [-0.05, 0) is 42.2 Å². The molecular weight excluding hydrogens is 350 g/mol. The van der Waals surface area contributed by atoms with Crippen LogP contribution in [0.3, 0.4) is 0 Å². The lowest BCUT2D eigenvalue weighted by Gasteiger charge is -2.16. The molecule has 0 bridgehead atoms. The van der Waals surface area contributed by atoms with E-state index in [9.17, 15) is 9.59 Å². The van der Waals surface area contributed by atoms with Crippen LogP contribution < -0.4 is 11.1 Å². The van der Waals surface area contributed by atoms with Crippen molar-refractivity contribution in [1.29, 1.82) is 0 Å². The second kappa shape index (κ2) is 8.72. The Kier molecular flexibility index (Phi) is 6.64. The molecule has 1 aliphatic heterocycles. The molecular formula is C20H24ClN3O2. The van der Waals surface area contributed by atoms with Crippen LogP contribution in [0.1, 0.15) is 39.9 Å². The first kappa shape index (κ1) is 19.8. The molecule has 1 heterocycles. The largest absolute Gasteiger partial charge is 0.399 e. The molecule has 2 amide bonds. The zero-order valence-electron chi connectivity index (χ0n) is 14.8. The van der Waals surface area contributed by atoms with E-state index in [4.69, 9.17) is 5.73 Å². The predicted molar refractivity (Wildman–Crippen MR) is 105 cm³/mol. The van der Waals surface area contributed by atoms with Crippen LogP contribution in [0.25, 0.3) is 0 Å². The number of rotatable bonds is 5. The van der Waals surface area contributed by atoms with Gasteiger partial charge in [-0.25, -0.2) is 0 Å². The lowest BCUT2D eigenvalue weighted by atomic mass is 10.1. The standard InChI is InChI=1S/C20H23N3O2.ClH/c1-14-7-8-17(21)11-18(14)20(25)22-12-15-4-2-5-16(10-15)13-23-9-3-6-19(23)24;/h2,4-5,7-8,10-11H,3,6,9,12-13,21H2,1H3,(H,22,25);1H. The van der Waals surface area contributed by atoms with Crippen LogP contribution >= 0.6 is 12.4 Å². The Morgan fingerprint density at radius 1 is 1.19 bits per heavy atom. The van der Waals surface area contributed by atoms with Gasteiger partial charge in [0.15, 0.2) is 0 Å². The smallest absolute Gasteiger partial charge is 0.251 e. The van der Waals surface area contributed by atoms with E-state index < -0.39 is 0 Å². The molecule has 1 fully saturated rings. The van der Waals surface area contributed by atoms with Gasteiger partial charge in [0.05, 0.1) is 0 Å². The van der Waals surface area contributed by atoms with Gasteiger partial charge in [-0.3, -0.25) is 9.59 Å². The number of benzene rings is 2. The van der Waals surface area contributed by atoms with Gasteiger partial charge in [-0.15, -0.1) is 12.4 Å². The van der Waals surface area contributed by atoms with E-state index in [1.54, 1.807) is 12.1 Å². The molecule has 1 saturated heterocycles. The zero-order chi connectivity index (χ0) is 17.8. The van der Waals surface area contributed by atoms with E-state index in [0.29, 0.717) is 30.8 Å². The molecule has 26 heavy (non-hydrogen) atoms. The van der Waals surface area contributed by atoms with Gasteiger partial charge >= 0.3 is 0 Å². The predicted octanol–water partition coefficient (Wildman–Crippen LogP) is 3.05. The number of carbonyl (C=O) groups is 2.